The van der Waals surface area contributed by atoms with Crippen molar-refractivity contribution in [3.8, 4) is 0 Å². The first-order valence-corrected chi connectivity index (χ1v) is 5.74. The maximum Gasteiger partial charge on any atom is 0.0462 e. The molecule has 0 spiro atoms. The van der Waals surface area contributed by atoms with Crippen LogP contribution < -0.4 is 5.32 Å². The predicted molar refractivity (Wildman–Crippen MR) is 59.6 cm³/mol. The fourth-order valence-corrected chi connectivity index (χ4v) is 2.04. The van der Waals surface area contributed by atoms with Crippen LogP contribution in [0, 0.1) is 0 Å². The zero-order valence-corrected chi connectivity index (χ0v) is 9.59. The fraction of sp³-hybridized carbons (Fsp3) is 1.00. The molecular weight excluding hydrogens is 176 g/mol. The van der Waals surface area contributed by atoms with Gasteiger partial charge in [-0.3, -0.25) is 0 Å². The minimum Gasteiger partial charge on any atom is -0.385 e. The number of rotatable bonds is 6. The third-order valence-electron chi connectivity index (χ3n) is 3.04. The molecule has 0 saturated carbocycles. The van der Waals surface area contributed by atoms with Crippen LogP contribution >= 0.6 is 0 Å². The molecule has 0 aromatic carbocycles. The van der Waals surface area contributed by atoms with Crippen molar-refractivity contribution in [2.75, 3.05) is 40.4 Å². The van der Waals surface area contributed by atoms with Gasteiger partial charge in [-0.1, -0.05) is 0 Å². The monoisotopic (exact) mass is 200 g/mol. The van der Waals surface area contributed by atoms with Crippen LogP contribution in [-0.4, -0.2) is 51.3 Å². The van der Waals surface area contributed by atoms with Gasteiger partial charge in [0.15, 0.2) is 0 Å². The van der Waals surface area contributed by atoms with E-state index in [1.54, 1.807) is 7.11 Å². The van der Waals surface area contributed by atoms with Crippen molar-refractivity contribution in [2.45, 2.75) is 31.7 Å². The summed E-state index contributed by atoms with van der Waals surface area (Å²) in [7, 11) is 4.03. The van der Waals surface area contributed by atoms with Crippen LogP contribution in [0.25, 0.3) is 0 Å². The molecule has 0 aliphatic carbocycles. The highest BCUT2D eigenvalue weighted by molar-refractivity contribution is 4.75. The second kappa shape index (κ2) is 7.21. The number of hydrogen-bond acceptors (Lipinski definition) is 3. The lowest BCUT2D eigenvalue weighted by molar-refractivity contribution is 0.169. The molecule has 3 nitrogen and oxygen atoms in total. The van der Waals surface area contributed by atoms with Gasteiger partial charge in [0.1, 0.15) is 0 Å². The largest absolute Gasteiger partial charge is 0.385 e. The van der Waals surface area contributed by atoms with E-state index >= 15 is 0 Å². The molecule has 0 radical (unpaired) electrons. The molecule has 0 amide bonds. The highest BCUT2D eigenvalue weighted by Gasteiger charge is 2.16. The molecule has 1 saturated heterocycles. The van der Waals surface area contributed by atoms with Crippen molar-refractivity contribution in [3.63, 3.8) is 0 Å². The van der Waals surface area contributed by atoms with Gasteiger partial charge < -0.3 is 15.0 Å². The number of nitrogens with zero attached hydrogens (tertiary/aromatic N) is 1. The Morgan fingerprint density at radius 3 is 2.64 bits per heavy atom. The van der Waals surface area contributed by atoms with Crippen molar-refractivity contribution in [1.29, 1.82) is 0 Å². The van der Waals surface area contributed by atoms with Gasteiger partial charge in [0.25, 0.3) is 0 Å². The molecule has 1 aliphatic heterocycles. The van der Waals surface area contributed by atoms with Crippen LogP contribution in [0.2, 0.25) is 0 Å². The lowest BCUT2D eigenvalue weighted by Crippen LogP contribution is -2.41. The minimum absolute atomic E-state index is 0.804. The Hall–Kier alpha value is -0.120. The van der Waals surface area contributed by atoms with Crippen molar-refractivity contribution >= 4 is 0 Å². The molecule has 0 atom stereocenters. The van der Waals surface area contributed by atoms with E-state index in [0.29, 0.717) is 0 Å². The van der Waals surface area contributed by atoms with Gasteiger partial charge in [-0.15, -0.1) is 0 Å². The van der Waals surface area contributed by atoms with E-state index in [0.717, 1.165) is 12.6 Å². The Morgan fingerprint density at radius 2 is 2.00 bits per heavy atom. The fourth-order valence-electron chi connectivity index (χ4n) is 2.04. The van der Waals surface area contributed by atoms with Crippen LogP contribution in [0.5, 0.6) is 0 Å². The van der Waals surface area contributed by atoms with Gasteiger partial charge in [0, 0.05) is 19.8 Å². The summed E-state index contributed by atoms with van der Waals surface area (Å²) >= 11 is 0. The Bertz CT molecular complexity index is 135. The van der Waals surface area contributed by atoms with E-state index in [4.69, 9.17) is 4.74 Å². The maximum absolute atomic E-state index is 5.04. The summed E-state index contributed by atoms with van der Waals surface area (Å²) < 4.78 is 5.04. The molecule has 1 rings (SSSR count). The molecule has 0 bridgehead atoms. The first kappa shape index (κ1) is 12.0. The normalized spacial score (nSPS) is 19.1. The average Bonchev–Trinajstić information content (AvgIpc) is 2.25. The molecule has 1 N–H and O–H groups in total. The summed E-state index contributed by atoms with van der Waals surface area (Å²) in [6.45, 7) is 4.49. The van der Waals surface area contributed by atoms with E-state index in [2.05, 4.69) is 17.3 Å². The summed E-state index contributed by atoms with van der Waals surface area (Å²) in [6, 6.07) is 0.804. The second-order valence-electron chi connectivity index (χ2n) is 4.16. The van der Waals surface area contributed by atoms with Gasteiger partial charge in [-0.05, 0) is 52.4 Å². The van der Waals surface area contributed by atoms with Crippen LogP contribution in [0.1, 0.15) is 25.7 Å². The Labute approximate surface area is 87.8 Å². The summed E-state index contributed by atoms with van der Waals surface area (Å²) in [5.74, 6) is 0. The Kier molecular flexibility index (Phi) is 6.15. The highest BCUT2D eigenvalue weighted by atomic mass is 16.5. The van der Waals surface area contributed by atoms with Gasteiger partial charge in [-0.2, -0.15) is 0 Å². The van der Waals surface area contributed by atoms with Gasteiger partial charge in [0.05, 0.1) is 0 Å². The van der Waals surface area contributed by atoms with Crippen molar-refractivity contribution < 1.29 is 4.74 Å². The van der Waals surface area contributed by atoms with E-state index < -0.39 is 0 Å². The topological polar surface area (TPSA) is 24.5 Å². The lowest BCUT2D eigenvalue weighted by Gasteiger charge is -2.31. The third kappa shape index (κ3) is 4.40. The molecule has 0 aromatic rings. The lowest BCUT2D eigenvalue weighted by atomic mass is 10.1. The van der Waals surface area contributed by atoms with Crippen molar-refractivity contribution in [2.24, 2.45) is 0 Å². The van der Waals surface area contributed by atoms with Crippen LogP contribution in [-0.2, 0) is 4.74 Å². The minimum atomic E-state index is 0.804. The molecule has 14 heavy (non-hydrogen) atoms. The average molecular weight is 200 g/mol. The molecule has 84 valence electrons. The second-order valence-corrected chi connectivity index (χ2v) is 4.16. The summed E-state index contributed by atoms with van der Waals surface area (Å²) in [4.78, 5) is 2.51. The molecular formula is C11H24N2O. The predicted octanol–water partition coefficient (Wildman–Crippen LogP) is 1.10. The van der Waals surface area contributed by atoms with Crippen molar-refractivity contribution in [1.82, 2.24) is 10.2 Å². The zero-order valence-electron chi connectivity index (χ0n) is 9.59. The SMILES string of the molecule is COCCCCN(C)C1CCNCC1. The maximum atomic E-state index is 5.04. The molecule has 0 aromatic heterocycles. The molecule has 0 unspecified atom stereocenters. The zero-order chi connectivity index (χ0) is 10.2. The number of piperidine rings is 1. The van der Waals surface area contributed by atoms with E-state index in [1.165, 1.54) is 45.3 Å². The van der Waals surface area contributed by atoms with Crippen LogP contribution in [0.4, 0.5) is 0 Å². The molecule has 3 heteroatoms. The first-order chi connectivity index (χ1) is 6.84. The molecule has 1 aliphatic rings. The number of ether oxygens (including phenoxy) is 1. The van der Waals surface area contributed by atoms with E-state index in [1.807, 2.05) is 0 Å². The quantitative estimate of drug-likeness (QED) is 0.650. The van der Waals surface area contributed by atoms with Gasteiger partial charge >= 0.3 is 0 Å². The Balaban J connectivity index is 2.04. The summed E-state index contributed by atoms with van der Waals surface area (Å²) in [6.07, 6.45) is 5.06. The van der Waals surface area contributed by atoms with E-state index in [-0.39, 0.29) is 0 Å². The van der Waals surface area contributed by atoms with Crippen LogP contribution in [0.15, 0.2) is 0 Å². The smallest absolute Gasteiger partial charge is 0.0462 e. The van der Waals surface area contributed by atoms with Gasteiger partial charge in [0.2, 0.25) is 0 Å². The third-order valence-corrected chi connectivity index (χ3v) is 3.04. The molecule has 1 heterocycles. The standard InChI is InChI=1S/C11H24N2O/c1-13(9-3-4-10-14-2)11-5-7-12-8-6-11/h11-12H,3-10H2,1-2H3. The Morgan fingerprint density at radius 1 is 1.29 bits per heavy atom. The van der Waals surface area contributed by atoms with E-state index in [9.17, 15) is 0 Å². The number of nitrogens with one attached hydrogen (secondary N) is 1. The number of unbranched alkanes of at least 4 members (excludes halogenated alkanes) is 1. The first-order valence-electron chi connectivity index (χ1n) is 5.74. The summed E-state index contributed by atoms with van der Waals surface area (Å²) in [5.41, 5.74) is 0. The van der Waals surface area contributed by atoms with Crippen LogP contribution in [0.3, 0.4) is 0 Å². The van der Waals surface area contributed by atoms with Gasteiger partial charge in [-0.25, -0.2) is 0 Å². The number of hydrogen-bond donors (Lipinski definition) is 1. The van der Waals surface area contributed by atoms with Crippen molar-refractivity contribution in [3.05, 3.63) is 0 Å². The summed E-state index contributed by atoms with van der Waals surface area (Å²) in [5, 5.41) is 3.40. The number of methoxy groups -OCH3 is 1. The molecule has 1 fully saturated rings. The highest BCUT2D eigenvalue weighted by Crippen LogP contribution is 2.10.